The lowest BCUT2D eigenvalue weighted by Crippen LogP contribution is -2.45. The van der Waals surface area contributed by atoms with E-state index in [9.17, 15) is 5.11 Å². The van der Waals surface area contributed by atoms with Crippen molar-refractivity contribution >= 4 is 32.3 Å². The predicted molar refractivity (Wildman–Crippen MR) is 142 cm³/mol. The first-order valence-corrected chi connectivity index (χ1v) is 13.1. The number of ether oxygens (including phenoxy) is 3. The Morgan fingerprint density at radius 1 is 1.11 bits per heavy atom. The number of thiophene rings is 1. The lowest BCUT2D eigenvalue weighted by molar-refractivity contribution is 0.0408. The van der Waals surface area contributed by atoms with Crippen molar-refractivity contribution < 1.29 is 19.3 Å². The molecule has 1 saturated heterocycles. The first-order valence-electron chi connectivity index (χ1n) is 12.2. The highest BCUT2D eigenvalue weighted by atomic mass is 32.1. The van der Waals surface area contributed by atoms with E-state index in [0.717, 1.165) is 58.6 Å². The standard InChI is InChI=1S/C28H34N2O4S/c1-17-10-22-24(29-17)6-5-7-25(22)34-16-20(31)15-30-9-8-19(11-18(30)2)27-14-23-26(33-4)12-21(32-3)13-28(23)35-27/h5-7,10,12-14,18-20,29,31H,8-9,11,15-16H2,1-4H3/t18-,19+,20+/m1/s1. The number of methoxy groups -OCH3 is 2. The van der Waals surface area contributed by atoms with E-state index in [2.05, 4.69) is 35.0 Å². The Balaban J connectivity index is 1.20. The van der Waals surface area contributed by atoms with E-state index in [1.165, 1.54) is 9.58 Å². The van der Waals surface area contributed by atoms with Gasteiger partial charge in [0.05, 0.1) is 14.2 Å². The number of likely N-dealkylation sites (tertiary alicyclic amines) is 1. The number of rotatable bonds is 8. The molecule has 1 fully saturated rings. The number of fused-ring (bicyclic) bond motifs is 2. The maximum Gasteiger partial charge on any atom is 0.131 e. The van der Waals surface area contributed by atoms with Gasteiger partial charge in [0.25, 0.3) is 0 Å². The fourth-order valence-corrected chi connectivity index (χ4v) is 6.50. The van der Waals surface area contributed by atoms with E-state index in [-0.39, 0.29) is 6.61 Å². The number of aliphatic hydroxyl groups is 1. The van der Waals surface area contributed by atoms with Crippen LogP contribution in [0.1, 0.15) is 36.3 Å². The van der Waals surface area contributed by atoms with E-state index >= 15 is 0 Å². The van der Waals surface area contributed by atoms with Crippen LogP contribution < -0.4 is 14.2 Å². The van der Waals surface area contributed by atoms with Gasteiger partial charge in [-0.1, -0.05) is 6.07 Å². The van der Waals surface area contributed by atoms with Crippen LogP contribution in [0.3, 0.4) is 0 Å². The summed E-state index contributed by atoms with van der Waals surface area (Å²) in [4.78, 5) is 7.12. The second-order valence-corrected chi connectivity index (χ2v) is 10.7. The summed E-state index contributed by atoms with van der Waals surface area (Å²) in [5.74, 6) is 3.01. The fraction of sp³-hybridized carbons (Fsp3) is 0.429. The average molecular weight is 495 g/mol. The molecular formula is C28H34N2O4S. The topological polar surface area (TPSA) is 67.0 Å². The molecule has 0 spiro atoms. The highest BCUT2D eigenvalue weighted by Crippen LogP contribution is 2.42. The van der Waals surface area contributed by atoms with Gasteiger partial charge < -0.3 is 24.3 Å². The maximum absolute atomic E-state index is 10.7. The number of aryl methyl sites for hydroxylation is 1. The van der Waals surface area contributed by atoms with Crippen molar-refractivity contribution in [2.75, 3.05) is 33.9 Å². The van der Waals surface area contributed by atoms with Crippen LogP contribution in [0.4, 0.5) is 0 Å². The van der Waals surface area contributed by atoms with Crippen molar-refractivity contribution in [3.05, 3.63) is 53.0 Å². The number of hydrogen-bond acceptors (Lipinski definition) is 6. The number of benzene rings is 2. The SMILES string of the molecule is COc1cc(OC)c2cc([C@H]3CCN(C[C@H](O)COc4cccc5[nH]c(C)cc45)[C@H](C)C3)sc2c1. The molecule has 0 saturated carbocycles. The summed E-state index contributed by atoms with van der Waals surface area (Å²) in [7, 11) is 3.40. The summed E-state index contributed by atoms with van der Waals surface area (Å²) in [6.07, 6.45) is 1.61. The van der Waals surface area contributed by atoms with Gasteiger partial charge in [0.2, 0.25) is 0 Å². The van der Waals surface area contributed by atoms with Crippen LogP contribution in [0.2, 0.25) is 0 Å². The highest BCUT2D eigenvalue weighted by molar-refractivity contribution is 7.19. The molecule has 1 aliphatic heterocycles. The third-order valence-corrected chi connectivity index (χ3v) is 8.34. The molecule has 6 nitrogen and oxygen atoms in total. The summed E-state index contributed by atoms with van der Waals surface area (Å²) < 4.78 is 18.3. The van der Waals surface area contributed by atoms with E-state index in [1.807, 2.05) is 42.5 Å². The summed E-state index contributed by atoms with van der Waals surface area (Å²) >= 11 is 1.84. The fourth-order valence-electron chi connectivity index (χ4n) is 5.24. The number of aromatic nitrogens is 1. The van der Waals surface area contributed by atoms with E-state index in [1.54, 1.807) is 14.2 Å². The molecule has 1 aliphatic rings. The number of aliphatic hydroxyl groups excluding tert-OH is 1. The van der Waals surface area contributed by atoms with Gasteiger partial charge in [-0.25, -0.2) is 0 Å². The molecule has 3 heterocycles. The van der Waals surface area contributed by atoms with Crippen LogP contribution in [-0.4, -0.2) is 61.1 Å². The van der Waals surface area contributed by atoms with Gasteiger partial charge in [0.1, 0.15) is 30.0 Å². The zero-order valence-corrected chi connectivity index (χ0v) is 21.7. The van der Waals surface area contributed by atoms with Crippen molar-refractivity contribution in [2.24, 2.45) is 0 Å². The molecule has 0 aliphatic carbocycles. The molecule has 2 aromatic heterocycles. The van der Waals surface area contributed by atoms with Crippen molar-refractivity contribution in [2.45, 2.75) is 44.8 Å². The normalized spacial score (nSPS) is 19.8. The molecule has 0 radical (unpaired) electrons. The molecule has 0 unspecified atom stereocenters. The third-order valence-electron chi connectivity index (χ3n) is 7.10. The summed E-state index contributed by atoms with van der Waals surface area (Å²) in [5, 5.41) is 13.0. The minimum Gasteiger partial charge on any atom is -0.497 e. The number of aromatic amines is 1. The van der Waals surface area contributed by atoms with Gasteiger partial charge in [-0.15, -0.1) is 11.3 Å². The lowest BCUT2D eigenvalue weighted by atomic mass is 9.90. The Bertz CT molecular complexity index is 1310. The number of piperidine rings is 1. The predicted octanol–water partition coefficient (Wildman–Crippen LogP) is 5.72. The van der Waals surface area contributed by atoms with Crippen LogP contribution in [0.25, 0.3) is 21.0 Å². The molecule has 7 heteroatoms. The molecule has 0 bridgehead atoms. The minimum atomic E-state index is -0.537. The van der Waals surface area contributed by atoms with Gasteiger partial charge in [-0.05, 0) is 69.5 Å². The number of H-pyrrole nitrogens is 1. The molecule has 3 atom stereocenters. The van der Waals surface area contributed by atoms with Gasteiger partial charge in [0, 0.05) is 50.2 Å². The first-order chi connectivity index (χ1) is 16.9. The quantitative estimate of drug-likeness (QED) is 0.328. The van der Waals surface area contributed by atoms with Crippen LogP contribution in [0.5, 0.6) is 17.2 Å². The second-order valence-electron chi connectivity index (χ2n) is 9.59. The molecule has 35 heavy (non-hydrogen) atoms. The monoisotopic (exact) mass is 494 g/mol. The highest BCUT2D eigenvalue weighted by Gasteiger charge is 2.29. The number of nitrogens with zero attached hydrogens (tertiary/aromatic N) is 1. The zero-order valence-electron chi connectivity index (χ0n) is 20.8. The van der Waals surface area contributed by atoms with Crippen LogP contribution >= 0.6 is 11.3 Å². The zero-order chi connectivity index (χ0) is 24.5. The molecule has 2 aromatic carbocycles. The van der Waals surface area contributed by atoms with Gasteiger partial charge in [0.15, 0.2) is 0 Å². The van der Waals surface area contributed by atoms with Crippen LogP contribution in [0.15, 0.2) is 42.5 Å². The Morgan fingerprint density at radius 3 is 2.74 bits per heavy atom. The minimum absolute atomic E-state index is 0.286. The third kappa shape index (κ3) is 4.99. The number of hydrogen-bond donors (Lipinski definition) is 2. The van der Waals surface area contributed by atoms with Gasteiger partial charge in [-0.3, -0.25) is 4.90 Å². The number of β-amino-alcohol motifs (C(OH)–C–C–N with tert-alkyl or cyclic N) is 1. The molecule has 0 amide bonds. The Kier molecular flexibility index (Phi) is 6.91. The van der Waals surface area contributed by atoms with E-state index in [4.69, 9.17) is 14.2 Å². The second kappa shape index (κ2) is 10.1. The van der Waals surface area contributed by atoms with Crippen molar-refractivity contribution in [3.63, 3.8) is 0 Å². The van der Waals surface area contributed by atoms with Crippen molar-refractivity contribution in [1.82, 2.24) is 9.88 Å². The molecule has 4 aromatic rings. The van der Waals surface area contributed by atoms with Gasteiger partial charge in [-0.2, -0.15) is 0 Å². The molecule has 2 N–H and O–H groups in total. The van der Waals surface area contributed by atoms with E-state index < -0.39 is 6.10 Å². The van der Waals surface area contributed by atoms with Crippen molar-refractivity contribution in [1.29, 1.82) is 0 Å². The first kappa shape index (κ1) is 24.0. The Morgan fingerprint density at radius 2 is 1.97 bits per heavy atom. The molecule has 186 valence electrons. The largest absolute Gasteiger partial charge is 0.497 e. The smallest absolute Gasteiger partial charge is 0.131 e. The number of nitrogens with one attached hydrogen (secondary N) is 1. The summed E-state index contributed by atoms with van der Waals surface area (Å²) in [6.45, 7) is 6.17. The van der Waals surface area contributed by atoms with Gasteiger partial charge >= 0.3 is 0 Å². The van der Waals surface area contributed by atoms with E-state index in [0.29, 0.717) is 18.5 Å². The molecule has 5 rings (SSSR count). The average Bonchev–Trinajstić information content (AvgIpc) is 3.46. The molecular weight excluding hydrogens is 460 g/mol. The summed E-state index contributed by atoms with van der Waals surface area (Å²) in [6, 6.07) is 14.8. The lowest BCUT2D eigenvalue weighted by Gasteiger charge is -2.38. The maximum atomic E-state index is 10.7. The van der Waals surface area contributed by atoms with Crippen LogP contribution in [-0.2, 0) is 0 Å². The Hall–Kier alpha value is -2.74. The van der Waals surface area contributed by atoms with Crippen LogP contribution in [0, 0.1) is 6.92 Å². The Labute approximate surface area is 210 Å². The van der Waals surface area contributed by atoms with Crippen molar-refractivity contribution in [3.8, 4) is 17.2 Å². The summed E-state index contributed by atoms with van der Waals surface area (Å²) in [5.41, 5.74) is 2.16.